The zero-order valence-electron chi connectivity index (χ0n) is 13.6. The van der Waals surface area contributed by atoms with Crippen LogP contribution in [-0.4, -0.2) is 25.5 Å². The molecule has 0 saturated carbocycles. The third-order valence-corrected chi connectivity index (χ3v) is 3.47. The summed E-state index contributed by atoms with van der Waals surface area (Å²) in [4.78, 5) is 24.0. The average molecular weight is 385 g/mol. The van der Waals surface area contributed by atoms with Gasteiger partial charge in [0.15, 0.2) is 0 Å². The van der Waals surface area contributed by atoms with Crippen LogP contribution in [0.1, 0.15) is 15.9 Å². The smallest absolute Gasteiger partial charge is 0.387 e. The van der Waals surface area contributed by atoms with Crippen molar-refractivity contribution >= 4 is 23.4 Å². The highest BCUT2D eigenvalue weighted by Gasteiger charge is 2.14. The number of amides is 2. The molecular formula is C17H15ClF2N2O4. The van der Waals surface area contributed by atoms with Crippen molar-refractivity contribution < 1.29 is 27.8 Å². The summed E-state index contributed by atoms with van der Waals surface area (Å²) in [5.74, 6) is -0.812. The fraction of sp³-hybridized carbons (Fsp3) is 0.176. The Kier molecular flexibility index (Phi) is 6.74. The van der Waals surface area contributed by atoms with E-state index < -0.39 is 18.4 Å². The van der Waals surface area contributed by atoms with Crippen LogP contribution in [0.15, 0.2) is 42.5 Å². The first kappa shape index (κ1) is 19.5. The van der Waals surface area contributed by atoms with Gasteiger partial charge in [0.25, 0.3) is 5.91 Å². The minimum Gasteiger partial charge on any atom is -0.496 e. The summed E-state index contributed by atoms with van der Waals surface area (Å²) >= 11 is 5.82. The van der Waals surface area contributed by atoms with E-state index in [2.05, 4.69) is 15.6 Å². The van der Waals surface area contributed by atoms with Crippen LogP contribution in [-0.2, 0) is 11.2 Å². The molecule has 2 N–H and O–H groups in total. The normalized spacial score (nSPS) is 10.3. The van der Waals surface area contributed by atoms with Crippen molar-refractivity contribution in [3.63, 3.8) is 0 Å². The van der Waals surface area contributed by atoms with E-state index in [0.717, 1.165) is 0 Å². The Bertz CT molecular complexity index is 785. The lowest BCUT2D eigenvalue weighted by Crippen LogP contribution is -2.42. The van der Waals surface area contributed by atoms with Gasteiger partial charge in [0.2, 0.25) is 5.91 Å². The third kappa shape index (κ3) is 5.59. The van der Waals surface area contributed by atoms with Crippen molar-refractivity contribution in [2.24, 2.45) is 0 Å². The van der Waals surface area contributed by atoms with Gasteiger partial charge in [0.1, 0.15) is 11.5 Å². The summed E-state index contributed by atoms with van der Waals surface area (Å²) in [5.41, 5.74) is 5.29. The molecule has 0 aliphatic carbocycles. The first-order valence-electron chi connectivity index (χ1n) is 7.35. The van der Waals surface area contributed by atoms with Gasteiger partial charge >= 0.3 is 6.61 Å². The Morgan fingerprint density at radius 3 is 2.42 bits per heavy atom. The Balaban J connectivity index is 1.89. The van der Waals surface area contributed by atoms with Gasteiger partial charge in [-0.15, -0.1) is 0 Å². The van der Waals surface area contributed by atoms with Gasteiger partial charge in [-0.1, -0.05) is 23.7 Å². The quantitative estimate of drug-likeness (QED) is 0.751. The molecule has 0 aliphatic rings. The number of hydrazine groups is 1. The highest BCUT2D eigenvalue weighted by atomic mass is 35.5. The highest BCUT2D eigenvalue weighted by Crippen LogP contribution is 2.22. The summed E-state index contributed by atoms with van der Waals surface area (Å²) in [5, 5.41) is 0.404. The lowest BCUT2D eigenvalue weighted by molar-refractivity contribution is -0.121. The largest absolute Gasteiger partial charge is 0.496 e. The molecule has 2 rings (SSSR count). The van der Waals surface area contributed by atoms with Crippen LogP contribution in [0.4, 0.5) is 8.78 Å². The van der Waals surface area contributed by atoms with E-state index in [-0.39, 0.29) is 23.5 Å². The molecule has 6 nitrogen and oxygen atoms in total. The van der Waals surface area contributed by atoms with Crippen LogP contribution < -0.4 is 20.3 Å². The maximum atomic E-state index is 12.1. The van der Waals surface area contributed by atoms with Gasteiger partial charge in [0.05, 0.1) is 19.1 Å². The number of methoxy groups -OCH3 is 1. The van der Waals surface area contributed by atoms with Gasteiger partial charge in [0, 0.05) is 5.02 Å². The van der Waals surface area contributed by atoms with E-state index in [9.17, 15) is 18.4 Å². The predicted octanol–water partition coefficient (Wildman–Crippen LogP) is 2.95. The lowest BCUT2D eigenvalue weighted by Gasteiger charge is -2.11. The predicted molar refractivity (Wildman–Crippen MR) is 90.4 cm³/mol. The van der Waals surface area contributed by atoms with Gasteiger partial charge in [-0.05, 0) is 35.9 Å². The van der Waals surface area contributed by atoms with E-state index in [1.165, 1.54) is 49.6 Å². The molecule has 2 aromatic rings. The van der Waals surface area contributed by atoms with Gasteiger partial charge in [-0.3, -0.25) is 20.4 Å². The number of carbonyl (C=O) groups excluding carboxylic acids is 2. The summed E-state index contributed by atoms with van der Waals surface area (Å²) in [6.07, 6.45) is -0.0625. The molecule has 0 atom stereocenters. The van der Waals surface area contributed by atoms with Crippen molar-refractivity contribution in [3.8, 4) is 11.5 Å². The SMILES string of the molecule is COc1cc(Cl)ccc1C(=O)NNC(=O)Cc1ccc(OC(F)F)cc1. The number of carbonyl (C=O) groups is 2. The van der Waals surface area contributed by atoms with Crippen LogP contribution in [0, 0.1) is 0 Å². The van der Waals surface area contributed by atoms with E-state index >= 15 is 0 Å². The van der Waals surface area contributed by atoms with E-state index in [0.29, 0.717) is 10.6 Å². The van der Waals surface area contributed by atoms with Gasteiger partial charge in [-0.2, -0.15) is 8.78 Å². The molecule has 0 aliphatic heterocycles. The molecule has 0 unspecified atom stereocenters. The molecule has 0 aromatic heterocycles. The number of alkyl halides is 2. The molecule has 138 valence electrons. The fourth-order valence-corrected chi connectivity index (χ4v) is 2.23. The van der Waals surface area contributed by atoms with Crippen molar-refractivity contribution in [2.45, 2.75) is 13.0 Å². The highest BCUT2D eigenvalue weighted by molar-refractivity contribution is 6.30. The molecular weight excluding hydrogens is 370 g/mol. The van der Waals surface area contributed by atoms with Crippen molar-refractivity contribution in [1.82, 2.24) is 10.9 Å². The standard InChI is InChI=1S/C17H15ClF2N2O4/c1-25-14-9-11(18)4-7-13(14)16(24)22-21-15(23)8-10-2-5-12(6-3-10)26-17(19)20/h2-7,9,17H,8H2,1H3,(H,21,23)(H,22,24). The number of hydrogen-bond donors (Lipinski definition) is 2. The number of hydrogen-bond acceptors (Lipinski definition) is 4. The number of halogens is 3. The van der Waals surface area contributed by atoms with Crippen LogP contribution in [0.25, 0.3) is 0 Å². The second-order valence-corrected chi connectivity index (χ2v) is 5.48. The van der Waals surface area contributed by atoms with Gasteiger partial charge < -0.3 is 9.47 Å². The van der Waals surface area contributed by atoms with E-state index in [1.54, 1.807) is 0 Å². The Hall–Kier alpha value is -2.87. The first-order chi connectivity index (χ1) is 12.4. The number of benzene rings is 2. The third-order valence-electron chi connectivity index (χ3n) is 3.24. The Labute approximate surface area is 153 Å². The molecule has 0 bridgehead atoms. The monoisotopic (exact) mass is 384 g/mol. The van der Waals surface area contributed by atoms with Gasteiger partial charge in [-0.25, -0.2) is 0 Å². The molecule has 0 heterocycles. The second-order valence-electron chi connectivity index (χ2n) is 5.05. The molecule has 9 heteroatoms. The number of ether oxygens (including phenoxy) is 2. The second kappa shape index (κ2) is 9.00. The molecule has 26 heavy (non-hydrogen) atoms. The molecule has 0 saturated heterocycles. The molecule has 0 spiro atoms. The van der Waals surface area contributed by atoms with Crippen molar-refractivity contribution in [3.05, 3.63) is 58.6 Å². The average Bonchev–Trinajstić information content (AvgIpc) is 2.60. The number of nitrogens with one attached hydrogen (secondary N) is 2. The van der Waals surface area contributed by atoms with Crippen molar-refractivity contribution in [1.29, 1.82) is 0 Å². The van der Waals surface area contributed by atoms with Crippen molar-refractivity contribution in [2.75, 3.05) is 7.11 Å². The zero-order valence-corrected chi connectivity index (χ0v) is 14.3. The first-order valence-corrected chi connectivity index (χ1v) is 7.73. The minimum absolute atomic E-state index is 0.00713. The summed E-state index contributed by atoms with van der Waals surface area (Å²) < 4.78 is 33.4. The minimum atomic E-state index is -2.91. The van der Waals surface area contributed by atoms with Crippen LogP contribution in [0.2, 0.25) is 5.02 Å². The summed E-state index contributed by atoms with van der Waals surface area (Å²) in [6, 6.07) is 10.1. The zero-order chi connectivity index (χ0) is 19.1. The summed E-state index contributed by atoms with van der Waals surface area (Å²) in [7, 11) is 1.39. The molecule has 0 fully saturated rings. The van der Waals surface area contributed by atoms with Crippen LogP contribution in [0.5, 0.6) is 11.5 Å². The van der Waals surface area contributed by atoms with Crippen LogP contribution in [0.3, 0.4) is 0 Å². The maximum Gasteiger partial charge on any atom is 0.387 e. The van der Waals surface area contributed by atoms with Crippen LogP contribution >= 0.6 is 11.6 Å². The van der Waals surface area contributed by atoms with E-state index in [1.807, 2.05) is 0 Å². The summed E-state index contributed by atoms with van der Waals surface area (Å²) in [6.45, 7) is -2.91. The Morgan fingerprint density at radius 1 is 1.12 bits per heavy atom. The molecule has 0 radical (unpaired) electrons. The lowest BCUT2D eigenvalue weighted by atomic mass is 10.1. The molecule has 2 amide bonds. The maximum absolute atomic E-state index is 12.1. The van der Waals surface area contributed by atoms with E-state index in [4.69, 9.17) is 16.3 Å². The fourth-order valence-electron chi connectivity index (χ4n) is 2.06. The topological polar surface area (TPSA) is 76.7 Å². The molecule has 2 aromatic carbocycles. The number of rotatable bonds is 6. The Morgan fingerprint density at radius 2 is 1.81 bits per heavy atom.